The number of methoxy groups -OCH3 is 1. The molecule has 1 aromatic heterocycles. The van der Waals surface area contributed by atoms with Crippen LogP contribution in [-0.4, -0.2) is 22.9 Å². The van der Waals surface area contributed by atoms with Gasteiger partial charge in [0.2, 0.25) is 0 Å². The number of carbonyl (C=O) groups excluding carboxylic acids is 1. The summed E-state index contributed by atoms with van der Waals surface area (Å²) in [5.74, 6) is 1.30. The van der Waals surface area contributed by atoms with Crippen molar-refractivity contribution in [2.75, 3.05) is 12.4 Å². The predicted molar refractivity (Wildman–Crippen MR) is 118 cm³/mol. The van der Waals surface area contributed by atoms with Crippen molar-refractivity contribution in [2.45, 2.75) is 45.8 Å². The van der Waals surface area contributed by atoms with Gasteiger partial charge in [-0.25, -0.2) is 9.48 Å². The largest absolute Gasteiger partial charge is 0.380 e. The summed E-state index contributed by atoms with van der Waals surface area (Å²) >= 11 is 0. The Kier molecular flexibility index (Phi) is 5.86. The molecule has 2 amide bonds. The summed E-state index contributed by atoms with van der Waals surface area (Å²) in [5, 5.41) is 10.6. The third-order valence-corrected chi connectivity index (χ3v) is 5.57. The fraction of sp³-hybridized carbons (Fsp3) is 0.333. The summed E-state index contributed by atoms with van der Waals surface area (Å²) in [6.45, 7) is 4.96. The van der Waals surface area contributed by atoms with Gasteiger partial charge in [-0.05, 0) is 61.4 Å². The highest BCUT2D eigenvalue weighted by Gasteiger charge is 2.26. The summed E-state index contributed by atoms with van der Waals surface area (Å²) in [5.41, 5.74) is 6.36. The van der Waals surface area contributed by atoms with E-state index in [1.165, 1.54) is 18.4 Å². The van der Waals surface area contributed by atoms with Crippen molar-refractivity contribution < 1.29 is 9.53 Å². The highest BCUT2D eigenvalue weighted by molar-refractivity contribution is 5.89. The Morgan fingerprint density at radius 1 is 1.17 bits per heavy atom. The van der Waals surface area contributed by atoms with Crippen molar-refractivity contribution in [3.63, 3.8) is 0 Å². The number of rotatable bonds is 7. The molecule has 0 bridgehead atoms. The molecular formula is C24H28N4O2. The van der Waals surface area contributed by atoms with Crippen LogP contribution in [0.5, 0.6) is 0 Å². The molecule has 1 saturated carbocycles. The van der Waals surface area contributed by atoms with Crippen molar-refractivity contribution in [3.8, 4) is 5.69 Å². The average molecular weight is 405 g/mol. The number of nitrogens with one attached hydrogen (secondary N) is 2. The highest BCUT2D eigenvalue weighted by atomic mass is 16.5. The molecule has 6 nitrogen and oxygen atoms in total. The first kappa shape index (κ1) is 20.2. The lowest BCUT2D eigenvalue weighted by atomic mass is 10.0. The monoisotopic (exact) mass is 404 g/mol. The van der Waals surface area contributed by atoms with Crippen LogP contribution >= 0.6 is 0 Å². The van der Waals surface area contributed by atoms with Gasteiger partial charge in [0.05, 0.1) is 18.0 Å². The molecule has 0 saturated heterocycles. The molecule has 1 aliphatic rings. The summed E-state index contributed by atoms with van der Waals surface area (Å²) in [4.78, 5) is 12.8. The van der Waals surface area contributed by atoms with E-state index in [1.807, 2.05) is 44.2 Å². The summed E-state index contributed by atoms with van der Waals surface area (Å²) in [7, 11) is 1.69. The van der Waals surface area contributed by atoms with Crippen molar-refractivity contribution >= 4 is 11.8 Å². The van der Waals surface area contributed by atoms with Gasteiger partial charge >= 0.3 is 6.03 Å². The SMILES string of the molecule is COCc1ccc(C2CC2)c(CNC(=O)Nc2c(C)c(C)nn2-c2ccccc2)c1. The van der Waals surface area contributed by atoms with Crippen LogP contribution in [0.2, 0.25) is 0 Å². The third kappa shape index (κ3) is 4.39. The number of hydrogen-bond acceptors (Lipinski definition) is 3. The number of nitrogens with zero attached hydrogens (tertiary/aromatic N) is 2. The predicted octanol–water partition coefficient (Wildman–Crippen LogP) is 4.83. The Morgan fingerprint density at radius 3 is 2.63 bits per heavy atom. The third-order valence-electron chi connectivity index (χ3n) is 5.57. The fourth-order valence-electron chi connectivity index (χ4n) is 3.70. The van der Waals surface area contributed by atoms with Crippen LogP contribution in [0.15, 0.2) is 48.5 Å². The molecule has 1 fully saturated rings. The fourth-order valence-corrected chi connectivity index (χ4v) is 3.70. The Bertz CT molecular complexity index is 1040. The van der Waals surface area contributed by atoms with Crippen LogP contribution in [0.1, 0.15) is 46.7 Å². The van der Waals surface area contributed by atoms with Crippen molar-refractivity contribution in [2.24, 2.45) is 0 Å². The van der Waals surface area contributed by atoms with Crippen LogP contribution in [0.3, 0.4) is 0 Å². The Hall–Kier alpha value is -3.12. The van der Waals surface area contributed by atoms with Gasteiger partial charge in [0, 0.05) is 19.2 Å². The quantitative estimate of drug-likeness (QED) is 0.592. The molecular weight excluding hydrogens is 376 g/mol. The lowest BCUT2D eigenvalue weighted by Gasteiger charge is -2.14. The van der Waals surface area contributed by atoms with Crippen LogP contribution in [-0.2, 0) is 17.9 Å². The van der Waals surface area contributed by atoms with Gasteiger partial charge in [-0.15, -0.1) is 0 Å². The van der Waals surface area contributed by atoms with E-state index in [9.17, 15) is 4.79 Å². The van der Waals surface area contributed by atoms with Crippen molar-refractivity contribution in [1.29, 1.82) is 0 Å². The van der Waals surface area contributed by atoms with E-state index in [-0.39, 0.29) is 6.03 Å². The second kappa shape index (κ2) is 8.71. The summed E-state index contributed by atoms with van der Waals surface area (Å²) in [6, 6.07) is 16.0. The maximum absolute atomic E-state index is 12.8. The zero-order valence-electron chi connectivity index (χ0n) is 17.7. The van der Waals surface area contributed by atoms with Gasteiger partial charge in [0.1, 0.15) is 5.82 Å². The normalized spacial score (nSPS) is 13.3. The zero-order chi connectivity index (χ0) is 21.1. The first-order chi connectivity index (χ1) is 14.6. The second-order valence-electron chi connectivity index (χ2n) is 7.85. The number of aryl methyl sites for hydroxylation is 1. The molecule has 6 heteroatoms. The average Bonchev–Trinajstić information content (AvgIpc) is 3.56. The second-order valence-corrected chi connectivity index (χ2v) is 7.85. The number of para-hydroxylation sites is 1. The maximum atomic E-state index is 12.8. The molecule has 2 aromatic carbocycles. The summed E-state index contributed by atoms with van der Waals surface area (Å²) < 4.78 is 7.04. The number of amides is 2. The number of carbonyl (C=O) groups is 1. The van der Waals surface area contributed by atoms with Gasteiger partial charge in [-0.1, -0.05) is 36.4 Å². The van der Waals surface area contributed by atoms with E-state index >= 15 is 0 Å². The number of aromatic nitrogens is 2. The molecule has 156 valence electrons. The zero-order valence-corrected chi connectivity index (χ0v) is 17.7. The molecule has 0 radical (unpaired) electrons. The number of anilines is 1. The van der Waals surface area contributed by atoms with Crippen LogP contribution in [0.4, 0.5) is 10.6 Å². The van der Waals surface area contributed by atoms with E-state index in [4.69, 9.17) is 4.74 Å². The van der Waals surface area contributed by atoms with Gasteiger partial charge < -0.3 is 10.1 Å². The first-order valence-electron chi connectivity index (χ1n) is 10.3. The molecule has 0 unspecified atom stereocenters. The van der Waals surface area contributed by atoms with E-state index in [0.717, 1.165) is 28.1 Å². The minimum absolute atomic E-state index is 0.242. The van der Waals surface area contributed by atoms with Crippen LogP contribution in [0.25, 0.3) is 5.69 Å². The van der Waals surface area contributed by atoms with Gasteiger partial charge in [-0.2, -0.15) is 5.10 Å². The minimum Gasteiger partial charge on any atom is -0.380 e. The Labute approximate surface area is 177 Å². The van der Waals surface area contributed by atoms with Crippen molar-refractivity contribution in [1.82, 2.24) is 15.1 Å². The number of urea groups is 1. The van der Waals surface area contributed by atoms with Gasteiger partial charge in [0.15, 0.2) is 0 Å². The Balaban J connectivity index is 1.49. The number of ether oxygens (including phenoxy) is 1. The Morgan fingerprint density at radius 2 is 1.93 bits per heavy atom. The highest BCUT2D eigenvalue weighted by Crippen LogP contribution is 2.42. The molecule has 2 N–H and O–H groups in total. The van der Waals surface area contributed by atoms with E-state index in [2.05, 4.69) is 33.9 Å². The standard InChI is InChI=1S/C24H28N4O2/c1-16-17(2)27-28(21-7-5-4-6-8-21)23(16)26-24(29)25-14-20-13-18(15-30-3)9-12-22(20)19-10-11-19/h4-9,12-13,19H,10-11,14-15H2,1-3H3,(H2,25,26,29). The van der Waals surface area contributed by atoms with Crippen LogP contribution in [0, 0.1) is 13.8 Å². The lowest BCUT2D eigenvalue weighted by molar-refractivity contribution is 0.185. The molecule has 1 heterocycles. The number of hydrogen-bond donors (Lipinski definition) is 2. The van der Waals surface area contributed by atoms with E-state index in [1.54, 1.807) is 11.8 Å². The minimum atomic E-state index is -0.242. The molecule has 30 heavy (non-hydrogen) atoms. The van der Waals surface area contributed by atoms with E-state index < -0.39 is 0 Å². The van der Waals surface area contributed by atoms with Crippen molar-refractivity contribution in [3.05, 3.63) is 76.5 Å². The number of benzene rings is 2. The molecule has 0 spiro atoms. The lowest BCUT2D eigenvalue weighted by Crippen LogP contribution is -2.29. The molecule has 1 aliphatic carbocycles. The first-order valence-corrected chi connectivity index (χ1v) is 10.3. The van der Waals surface area contributed by atoms with Crippen LogP contribution < -0.4 is 10.6 Å². The molecule has 0 atom stereocenters. The molecule has 3 aromatic rings. The molecule has 0 aliphatic heterocycles. The van der Waals surface area contributed by atoms with Gasteiger partial charge in [0.25, 0.3) is 0 Å². The smallest absolute Gasteiger partial charge is 0.320 e. The maximum Gasteiger partial charge on any atom is 0.320 e. The van der Waals surface area contributed by atoms with E-state index in [0.29, 0.717) is 24.9 Å². The van der Waals surface area contributed by atoms with Gasteiger partial charge in [-0.3, -0.25) is 5.32 Å². The summed E-state index contributed by atoms with van der Waals surface area (Å²) in [6.07, 6.45) is 2.44. The molecule has 4 rings (SSSR count). The topological polar surface area (TPSA) is 68.2 Å².